The Morgan fingerprint density at radius 3 is 2.57 bits per heavy atom. The third kappa shape index (κ3) is 7.16. The Morgan fingerprint density at radius 1 is 1.18 bits per heavy atom. The number of amides is 3. The molecule has 0 bridgehead atoms. The number of anilines is 1. The van der Waals surface area contributed by atoms with Crippen LogP contribution in [0.4, 0.5) is 5.69 Å². The molecule has 1 aromatic rings. The molecule has 1 aliphatic heterocycles. The molecule has 1 fully saturated rings. The summed E-state index contributed by atoms with van der Waals surface area (Å²) >= 11 is 1.30. The number of para-hydroxylation sites is 1. The molecule has 1 aromatic carbocycles. The predicted molar refractivity (Wildman–Crippen MR) is 111 cm³/mol. The highest BCUT2D eigenvalue weighted by Gasteiger charge is 2.20. The van der Waals surface area contributed by atoms with Crippen molar-refractivity contribution in [1.29, 1.82) is 0 Å². The average Bonchev–Trinajstić information content (AvgIpc) is 2.70. The highest BCUT2D eigenvalue weighted by atomic mass is 32.2. The molecular weight excluding hydrogens is 378 g/mol. The molecule has 1 N–H and O–H groups in total. The summed E-state index contributed by atoms with van der Waals surface area (Å²) in [6.45, 7) is 6.76. The number of rotatable bonds is 9. The van der Waals surface area contributed by atoms with E-state index >= 15 is 0 Å². The van der Waals surface area contributed by atoms with E-state index in [0.717, 1.165) is 17.7 Å². The van der Waals surface area contributed by atoms with E-state index in [9.17, 15) is 14.4 Å². The van der Waals surface area contributed by atoms with Gasteiger partial charge in [-0.1, -0.05) is 25.1 Å². The van der Waals surface area contributed by atoms with Gasteiger partial charge in [-0.05, 0) is 25.0 Å². The predicted octanol–water partition coefficient (Wildman–Crippen LogP) is 1.76. The summed E-state index contributed by atoms with van der Waals surface area (Å²) in [6.07, 6.45) is 0.765. The van der Waals surface area contributed by atoms with Crippen LogP contribution in [0, 0.1) is 6.92 Å². The van der Waals surface area contributed by atoms with Crippen molar-refractivity contribution in [3.63, 3.8) is 0 Å². The number of carbonyl (C=O) groups is 3. The molecule has 2 rings (SSSR count). The molecule has 0 aliphatic carbocycles. The zero-order valence-corrected chi connectivity index (χ0v) is 17.4. The Bertz CT molecular complexity index is 677. The fraction of sp³-hybridized carbons (Fsp3) is 0.550. The minimum atomic E-state index is -0.217. The second kappa shape index (κ2) is 11.7. The number of nitrogens with zero attached hydrogens (tertiary/aromatic N) is 2. The second-order valence-electron chi connectivity index (χ2n) is 6.66. The van der Waals surface area contributed by atoms with Crippen LogP contribution in [0.3, 0.4) is 0 Å². The minimum Gasteiger partial charge on any atom is -0.378 e. The van der Waals surface area contributed by atoms with Crippen LogP contribution in [0.1, 0.15) is 18.9 Å². The molecule has 0 aromatic heterocycles. The van der Waals surface area contributed by atoms with Gasteiger partial charge in [0.15, 0.2) is 0 Å². The van der Waals surface area contributed by atoms with Crippen LogP contribution in [-0.2, 0) is 19.1 Å². The van der Waals surface area contributed by atoms with Crippen molar-refractivity contribution in [2.24, 2.45) is 0 Å². The van der Waals surface area contributed by atoms with Gasteiger partial charge in [0, 0.05) is 25.3 Å². The molecule has 0 spiro atoms. The molecule has 1 aliphatic rings. The molecule has 1 saturated heterocycles. The largest absolute Gasteiger partial charge is 0.378 e. The SMILES string of the molecule is CCCN(CC(=O)Nc1ccccc1C)C(=O)CSCC(=O)N1CCOCC1. The van der Waals surface area contributed by atoms with Crippen molar-refractivity contribution >= 4 is 35.2 Å². The summed E-state index contributed by atoms with van der Waals surface area (Å²) < 4.78 is 5.24. The fourth-order valence-corrected chi connectivity index (χ4v) is 3.68. The lowest BCUT2D eigenvalue weighted by Gasteiger charge is -2.27. The van der Waals surface area contributed by atoms with Crippen LogP contribution in [0.15, 0.2) is 24.3 Å². The van der Waals surface area contributed by atoms with Gasteiger partial charge in [0.05, 0.1) is 31.3 Å². The Labute approximate surface area is 170 Å². The fourth-order valence-electron chi connectivity index (χ4n) is 2.86. The van der Waals surface area contributed by atoms with Gasteiger partial charge in [-0.15, -0.1) is 11.8 Å². The second-order valence-corrected chi connectivity index (χ2v) is 7.65. The first-order valence-electron chi connectivity index (χ1n) is 9.57. The molecule has 0 atom stereocenters. The Kier molecular flexibility index (Phi) is 9.30. The van der Waals surface area contributed by atoms with Gasteiger partial charge < -0.3 is 19.9 Å². The smallest absolute Gasteiger partial charge is 0.244 e. The van der Waals surface area contributed by atoms with Crippen LogP contribution < -0.4 is 5.32 Å². The van der Waals surface area contributed by atoms with Gasteiger partial charge in [-0.3, -0.25) is 14.4 Å². The number of ether oxygens (including phenoxy) is 1. The van der Waals surface area contributed by atoms with Crippen LogP contribution in [0.25, 0.3) is 0 Å². The maximum Gasteiger partial charge on any atom is 0.244 e. The van der Waals surface area contributed by atoms with Gasteiger partial charge >= 0.3 is 0 Å². The number of hydrogen-bond donors (Lipinski definition) is 1. The molecule has 1 heterocycles. The molecule has 28 heavy (non-hydrogen) atoms. The maximum atomic E-state index is 12.5. The van der Waals surface area contributed by atoms with E-state index in [1.165, 1.54) is 11.8 Å². The monoisotopic (exact) mass is 407 g/mol. The lowest BCUT2D eigenvalue weighted by Crippen LogP contribution is -2.42. The van der Waals surface area contributed by atoms with Crippen molar-refractivity contribution < 1.29 is 19.1 Å². The highest BCUT2D eigenvalue weighted by Crippen LogP contribution is 2.13. The van der Waals surface area contributed by atoms with E-state index < -0.39 is 0 Å². The van der Waals surface area contributed by atoms with Gasteiger partial charge in [-0.25, -0.2) is 0 Å². The van der Waals surface area contributed by atoms with Gasteiger partial charge in [-0.2, -0.15) is 0 Å². The highest BCUT2D eigenvalue weighted by molar-refractivity contribution is 8.00. The molecule has 3 amide bonds. The van der Waals surface area contributed by atoms with Gasteiger partial charge in [0.1, 0.15) is 0 Å². The number of nitrogens with one attached hydrogen (secondary N) is 1. The van der Waals surface area contributed by atoms with Gasteiger partial charge in [0.2, 0.25) is 17.7 Å². The summed E-state index contributed by atoms with van der Waals surface area (Å²) in [4.78, 5) is 40.4. The molecule has 7 nitrogen and oxygen atoms in total. The van der Waals surface area contributed by atoms with E-state index in [1.54, 1.807) is 9.80 Å². The molecule has 0 radical (unpaired) electrons. The zero-order valence-electron chi connectivity index (χ0n) is 16.6. The van der Waals surface area contributed by atoms with E-state index in [0.29, 0.717) is 32.8 Å². The van der Waals surface area contributed by atoms with Crippen molar-refractivity contribution in [3.8, 4) is 0 Å². The molecular formula is C20H29N3O4S. The third-order valence-corrected chi connectivity index (χ3v) is 5.32. The van der Waals surface area contributed by atoms with Gasteiger partial charge in [0.25, 0.3) is 0 Å². The Hall–Kier alpha value is -2.06. The first kappa shape index (κ1) is 22.2. The van der Waals surface area contributed by atoms with Crippen LogP contribution >= 0.6 is 11.8 Å². The lowest BCUT2D eigenvalue weighted by atomic mass is 10.2. The van der Waals surface area contributed by atoms with Crippen molar-refractivity contribution in [2.45, 2.75) is 20.3 Å². The molecule has 0 unspecified atom stereocenters. The standard InChI is InChI=1S/C20H29N3O4S/c1-3-8-23(13-18(24)21-17-7-5-4-6-16(17)2)20(26)15-28-14-19(25)22-9-11-27-12-10-22/h4-7H,3,8-15H2,1-2H3,(H,21,24). The van der Waals surface area contributed by atoms with Crippen molar-refractivity contribution in [2.75, 3.05) is 56.2 Å². The quantitative estimate of drug-likeness (QED) is 0.675. The van der Waals surface area contributed by atoms with Crippen LogP contribution in [0.5, 0.6) is 0 Å². The summed E-state index contributed by atoms with van der Waals surface area (Å²) in [5, 5.41) is 2.86. The topological polar surface area (TPSA) is 79.0 Å². The van der Waals surface area contributed by atoms with E-state index in [2.05, 4.69) is 5.32 Å². The van der Waals surface area contributed by atoms with E-state index in [1.807, 2.05) is 38.1 Å². The number of aryl methyl sites for hydroxylation is 1. The number of thioether (sulfide) groups is 1. The average molecular weight is 408 g/mol. The van der Waals surface area contributed by atoms with Crippen molar-refractivity contribution in [3.05, 3.63) is 29.8 Å². The summed E-state index contributed by atoms with van der Waals surface area (Å²) in [6, 6.07) is 7.53. The van der Waals surface area contributed by atoms with E-state index in [4.69, 9.17) is 4.74 Å². The van der Waals surface area contributed by atoms with Crippen molar-refractivity contribution in [1.82, 2.24) is 9.80 Å². The number of benzene rings is 1. The Balaban J connectivity index is 1.79. The van der Waals surface area contributed by atoms with Crippen LogP contribution in [0.2, 0.25) is 0 Å². The summed E-state index contributed by atoms with van der Waals surface area (Å²) in [5.74, 6) is 0.141. The first-order chi connectivity index (χ1) is 13.5. The molecule has 154 valence electrons. The normalized spacial score (nSPS) is 13.9. The Morgan fingerprint density at radius 2 is 1.89 bits per heavy atom. The maximum absolute atomic E-state index is 12.5. The number of hydrogen-bond acceptors (Lipinski definition) is 5. The van der Waals surface area contributed by atoms with E-state index in [-0.39, 0.29) is 35.8 Å². The summed E-state index contributed by atoms with van der Waals surface area (Å²) in [7, 11) is 0. The van der Waals surface area contributed by atoms with Crippen LogP contribution in [-0.4, -0.2) is 78.4 Å². The lowest BCUT2D eigenvalue weighted by molar-refractivity contribution is -0.132. The summed E-state index contributed by atoms with van der Waals surface area (Å²) in [5.41, 5.74) is 1.73. The number of morpholine rings is 1. The zero-order chi connectivity index (χ0) is 20.4. The third-order valence-electron chi connectivity index (χ3n) is 4.41. The first-order valence-corrected chi connectivity index (χ1v) is 10.7. The molecule has 0 saturated carbocycles. The molecule has 8 heteroatoms. The number of carbonyl (C=O) groups excluding carboxylic acids is 3. The minimum absolute atomic E-state index is 0.0129.